The summed E-state index contributed by atoms with van der Waals surface area (Å²) in [5.74, 6) is 2.54. The normalized spacial score (nSPS) is 11.6. The Bertz CT molecular complexity index is 4820. The van der Waals surface area contributed by atoms with Crippen LogP contribution in [0.5, 0.6) is 0 Å². The monoisotopic (exact) mass is 1310 g/mol. The highest BCUT2D eigenvalue weighted by molar-refractivity contribution is 6.30. The molecule has 6 N–H and O–H groups in total. The van der Waals surface area contributed by atoms with Crippen LogP contribution in [0, 0.1) is 38.2 Å². The lowest BCUT2D eigenvalue weighted by Crippen LogP contribution is -2.07. The third kappa shape index (κ3) is 17.9. The van der Waals surface area contributed by atoms with Gasteiger partial charge in [0.1, 0.15) is 22.6 Å². The van der Waals surface area contributed by atoms with Gasteiger partial charge in [0.15, 0.2) is 5.82 Å². The minimum atomic E-state index is -0.310. The molecule has 1 aliphatic heterocycles. The number of aromatic nitrogens is 10. The summed E-state index contributed by atoms with van der Waals surface area (Å²) in [5, 5.41) is 19.6. The van der Waals surface area contributed by atoms with Crippen LogP contribution >= 0.6 is 11.6 Å². The fourth-order valence-corrected chi connectivity index (χ4v) is 11.8. The first-order valence-corrected chi connectivity index (χ1v) is 33.2. The van der Waals surface area contributed by atoms with Crippen LogP contribution in [-0.4, -0.2) is 56.5 Å². The topological polar surface area (TPSA) is 196 Å². The first-order chi connectivity index (χ1) is 45.6. The number of aliphatic imine (C=N–C) groups is 1. The van der Waals surface area contributed by atoms with Crippen LogP contribution in [0.1, 0.15) is 200 Å². The molecule has 0 saturated carbocycles. The van der Waals surface area contributed by atoms with Gasteiger partial charge in [-0.2, -0.15) is 10.2 Å². The SMILES string of the molecule is CC(C)c1cc2[nH]cnc2cc1F.CC(C)c1cc2c(=O)[nH]cnc2cc1F.CC(C)c1cc2c(cc1F)N=CC2.CC(C)c1cc2ccccc2nc1Cl.Cc1cc(C(C)C)c2ccccc2n1.Cc1cc2[nH]nc(N)c2cc1C(C)C.Cc1cc2[nH]ncc2cc1C(C)C. The zero-order valence-corrected chi connectivity index (χ0v) is 59.0. The number of nitrogens with two attached hydrogens (primary N) is 1. The molecule has 0 aliphatic carbocycles. The van der Waals surface area contributed by atoms with E-state index in [0.29, 0.717) is 56.6 Å². The number of H-pyrrole nitrogens is 4. The largest absolute Gasteiger partial charge is 0.382 e. The molecule has 13 aromatic rings. The van der Waals surface area contributed by atoms with Gasteiger partial charge in [0, 0.05) is 58.1 Å². The van der Waals surface area contributed by atoms with Gasteiger partial charge in [-0.25, -0.2) is 28.1 Å². The second kappa shape index (κ2) is 32.3. The van der Waals surface area contributed by atoms with Crippen LogP contribution in [0.2, 0.25) is 5.15 Å². The molecule has 96 heavy (non-hydrogen) atoms. The Morgan fingerprint density at radius 2 is 1.00 bits per heavy atom. The number of para-hydroxylation sites is 2. The first-order valence-electron chi connectivity index (χ1n) is 32.8. The second-order valence-electron chi connectivity index (χ2n) is 26.5. The number of aromatic amines is 4. The van der Waals surface area contributed by atoms with Gasteiger partial charge in [-0.3, -0.25) is 25.0 Å². The van der Waals surface area contributed by atoms with Crippen molar-refractivity contribution in [1.82, 2.24) is 50.3 Å². The molecule has 17 heteroatoms. The summed E-state index contributed by atoms with van der Waals surface area (Å²) in [4.78, 5) is 37.8. The van der Waals surface area contributed by atoms with Gasteiger partial charge in [-0.15, -0.1) is 0 Å². The van der Waals surface area contributed by atoms with E-state index in [-0.39, 0.29) is 40.8 Å². The summed E-state index contributed by atoms with van der Waals surface area (Å²) in [6.45, 7) is 35.5. The van der Waals surface area contributed by atoms with Gasteiger partial charge in [0.05, 0.1) is 68.5 Å². The van der Waals surface area contributed by atoms with Crippen molar-refractivity contribution in [2.24, 2.45) is 4.99 Å². The molecule has 0 saturated heterocycles. The lowest BCUT2D eigenvalue weighted by atomic mass is 9.96. The van der Waals surface area contributed by atoms with E-state index in [4.69, 9.17) is 17.3 Å². The number of pyridine rings is 2. The fraction of sp³-hybridized carbons (Fsp3) is 0.316. The van der Waals surface area contributed by atoms with E-state index >= 15 is 0 Å². The Labute approximate surface area is 566 Å². The van der Waals surface area contributed by atoms with Gasteiger partial charge in [0.25, 0.3) is 5.56 Å². The van der Waals surface area contributed by atoms with E-state index in [0.717, 1.165) is 78.4 Å². The number of hydrogen-bond acceptors (Lipinski definition) is 9. The fourth-order valence-electron chi connectivity index (χ4n) is 11.5. The van der Waals surface area contributed by atoms with Crippen molar-refractivity contribution in [3.05, 3.63) is 234 Å². The van der Waals surface area contributed by atoms with Crippen molar-refractivity contribution in [3.8, 4) is 0 Å². The third-order valence-electron chi connectivity index (χ3n) is 16.8. The maximum Gasteiger partial charge on any atom is 0.258 e. The molecule has 0 fully saturated rings. The molecule has 0 atom stereocenters. The van der Waals surface area contributed by atoms with Crippen LogP contribution < -0.4 is 11.3 Å². The third-order valence-corrected chi connectivity index (χ3v) is 17.1. The smallest absolute Gasteiger partial charge is 0.258 e. The number of nitrogen functional groups attached to an aromatic ring is 1. The highest BCUT2D eigenvalue weighted by Gasteiger charge is 2.16. The Balaban J connectivity index is 0.000000143. The number of benzene rings is 7. The van der Waals surface area contributed by atoms with Crippen LogP contribution in [0.3, 0.4) is 0 Å². The lowest BCUT2D eigenvalue weighted by molar-refractivity contribution is 0.598. The Morgan fingerprint density at radius 1 is 0.469 bits per heavy atom. The number of nitrogens with zero attached hydrogens (tertiary/aromatic N) is 7. The summed E-state index contributed by atoms with van der Waals surface area (Å²) in [6.07, 6.45) is 7.40. The van der Waals surface area contributed by atoms with Gasteiger partial charge < -0.3 is 15.7 Å². The Hall–Kier alpha value is -9.54. The Morgan fingerprint density at radius 3 is 1.66 bits per heavy atom. The Kier molecular flexibility index (Phi) is 24.3. The first kappa shape index (κ1) is 72.3. The molecule has 14 rings (SSSR count). The van der Waals surface area contributed by atoms with E-state index in [1.54, 1.807) is 12.4 Å². The molecule has 1 aliphatic rings. The molecule has 0 amide bonds. The standard InChI is InChI=1S/C13H15N.C12H12ClN.C11H11FN2O.C11H12FN.C11H15N3.C11H14N2.C10H11FN2/c1-9(2)12-8-10(3)14-13-7-5-4-6-11(12)13;1-8(2)10-7-9-5-3-4-6-11(9)14-12(10)13;1-6(2)7-3-8-10(4-9(7)12)13-5-14-11(8)15;1-7(2)9-5-8-3-4-13-11(8)6-10(9)12;1-6(2)8-5-9-10(4-7(8)3)13-14-11(9)12;1-7(2)10-5-9-6-12-13-11(9)4-8(10)3;1-6(2)7-3-9-10(4-8(7)11)13-5-12-9/h4-9H,1-3H3;3-8H,1-2H3;3-6H,1-2H3,(H,13,14,15);4-7H,3H2,1-2H3;4-6H,1-3H3,(H3,12,13,14);4-7H,1-3H3,(H,12,13);3-6H,1-2H3,(H,12,13). The average Bonchev–Trinajstić information content (AvgIpc) is 1.23. The molecule has 7 aromatic carbocycles. The predicted molar refractivity (Wildman–Crippen MR) is 395 cm³/mol. The molecule has 7 heterocycles. The quantitative estimate of drug-likeness (QED) is 0.0972. The zero-order chi connectivity index (χ0) is 69.8. The van der Waals surface area contributed by atoms with Gasteiger partial charge in [-0.05, 0) is 178 Å². The van der Waals surface area contributed by atoms with E-state index < -0.39 is 0 Å². The van der Waals surface area contributed by atoms with Crippen molar-refractivity contribution in [2.75, 3.05) is 5.73 Å². The number of hydrogen-bond donors (Lipinski definition) is 5. The molecule has 0 bridgehead atoms. The van der Waals surface area contributed by atoms with Gasteiger partial charge in [0.2, 0.25) is 0 Å². The summed E-state index contributed by atoms with van der Waals surface area (Å²) in [7, 11) is 0. The van der Waals surface area contributed by atoms with Crippen molar-refractivity contribution in [2.45, 2.75) is 166 Å². The summed E-state index contributed by atoms with van der Waals surface area (Å²) in [5.41, 5.74) is 24.7. The molecule has 13 nitrogen and oxygen atoms in total. The van der Waals surface area contributed by atoms with Crippen molar-refractivity contribution >= 4 is 94.9 Å². The molecule has 6 aromatic heterocycles. The molecule has 0 radical (unpaired) electrons. The highest BCUT2D eigenvalue weighted by Crippen LogP contribution is 2.33. The van der Waals surface area contributed by atoms with Crippen LogP contribution in [0.15, 0.2) is 150 Å². The van der Waals surface area contributed by atoms with E-state index in [1.165, 1.54) is 63.1 Å². The van der Waals surface area contributed by atoms with Crippen LogP contribution in [0.4, 0.5) is 24.7 Å². The van der Waals surface area contributed by atoms with Crippen molar-refractivity contribution in [3.63, 3.8) is 0 Å². The van der Waals surface area contributed by atoms with Crippen LogP contribution in [0.25, 0.3) is 65.5 Å². The number of anilines is 1. The van der Waals surface area contributed by atoms with Gasteiger partial charge >= 0.3 is 0 Å². The lowest BCUT2D eigenvalue weighted by Gasteiger charge is -2.10. The van der Waals surface area contributed by atoms with Crippen molar-refractivity contribution in [1.29, 1.82) is 0 Å². The van der Waals surface area contributed by atoms with Crippen molar-refractivity contribution < 1.29 is 13.2 Å². The summed E-state index contributed by atoms with van der Waals surface area (Å²) >= 11 is 6.09. The molecule has 0 spiro atoms. The second-order valence-corrected chi connectivity index (χ2v) is 26.8. The molecular weight excluding hydrogens is 1230 g/mol. The molecule has 500 valence electrons. The maximum atomic E-state index is 13.5. The zero-order valence-electron chi connectivity index (χ0n) is 58.2. The van der Waals surface area contributed by atoms with E-state index in [9.17, 15) is 18.0 Å². The van der Waals surface area contributed by atoms with E-state index in [2.05, 4.69) is 192 Å². The average molecular weight is 1320 g/mol. The van der Waals surface area contributed by atoms with Gasteiger partial charge in [-0.1, -0.05) is 151 Å². The highest BCUT2D eigenvalue weighted by atomic mass is 35.5. The molecule has 0 unspecified atom stereocenters. The molecular formula is C79H90ClF3N12O. The maximum absolute atomic E-state index is 13.5. The van der Waals surface area contributed by atoms with E-state index in [1.807, 2.05) is 90.4 Å². The van der Waals surface area contributed by atoms with Crippen LogP contribution in [-0.2, 0) is 6.42 Å². The minimum Gasteiger partial charge on any atom is -0.382 e. The number of halogens is 4. The number of aryl methyl sites for hydroxylation is 3. The number of fused-ring (bicyclic) bond motifs is 7. The number of imidazole rings is 1. The summed E-state index contributed by atoms with van der Waals surface area (Å²) < 4.78 is 40.4. The minimum absolute atomic E-state index is 0.0500. The number of nitrogens with one attached hydrogen (secondary N) is 4. The predicted octanol–water partition coefficient (Wildman–Crippen LogP) is 21.5. The number of rotatable bonds is 7. The summed E-state index contributed by atoms with van der Waals surface area (Å²) in [6, 6.07) is 38.9.